The van der Waals surface area contributed by atoms with E-state index < -0.39 is 0 Å². The van der Waals surface area contributed by atoms with Crippen LogP contribution in [-0.2, 0) is 0 Å². The second-order valence-electron chi connectivity index (χ2n) is 4.53. The van der Waals surface area contributed by atoms with Crippen molar-refractivity contribution in [3.05, 3.63) is 10.7 Å². The van der Waals surface area contributed by atoms with Gasteiger partial charge in [-0.15, -0.1) is 11.8 Å². The van der Waals surface area contributed by atoms with Gasteiger partial charge in [0.05, 0.1) is 0 Å². The van der Waals surface area contributed by atoms with Crippen molar-refractivity contribution in [2.75, 3.05) is 26.4 Å². The van der Waals surface area contributed by atoms with Crippen molar-refractivity contribution in [2.24, 2.45) is 0 Å². The van der Waals surface area contributed by atoms with E-state index in [2.05, 4.69) is 21.9 Å². The summed E-state index contributed by atoms with van der Waals surface area (Å²) in [5.41, 5.74) is 1.20. The summed E-state index contributed by atoms with van der Waals surface area (Å²) in [4.78, 5) is 11.3. The SMILES string of the molecule is CSc1nc(Cl)c2c(n1)SC1CN(C)CCC21. The lowest BCUT2D eigenvalue weighted by molar-refractivity contribution is 0.264. The number of hydrogen-bond donors (Lipinski definition) is 0. The molecule has 1 aromatic rings. The summed E-state index contributed by atoms with van der Waals surface area (Å²) >= 11 is 9.75. The molecule has 0 amide bonds. The lowest BCUT2D eigenvalue weighted by atomic mass is 9.91. The average Bonchev–Trinajstić information content (AvgIpc) is 2.66. The maximum atomic E-state index is 6.32. The third-order valence-electron chi connectivity index (χ3n) is 3.42. The molecular formula is C11H14ClN3S2. The van der Waals surface area contributed by atoms with E-state index in [1.807, 2.05) is 18.0 Å². The summed E-state index contributed by atoms with van der Waals surface area (Å²) < 4.78 is 0. The van der Waals surface area contributed by atoms with Crippen LogP contribution < -0.4 is 0 Å². The highest BCUT2D eigenvalue weighted by atomic mass is 35.5. The lowest BCUT2D eigenvalue weighted by Crippen LogP contribution is -2.36. The van der Waals surface area contributed by atoms with Crippen molar-refractivity contribution < 1.29 is 0 Å². The number of fused-ring (bicyclic) bond motifs is 3. The summed E-state index contributed by atoms with van der Waals surface area (Å²) in [7, 11) is 2.18. The Morgan fingerprint density at radius 3 is 3.06 bits per heavy atom. The monoisotopic (exact) mass is 287 g/mol. The molecule has 0 aliphatic carbocycles. The summed E-state index contributed by atoms with van der Waals surface area (Å²) in [6.45, 7) is 2.26. The van der Waals surface area contributed by atoms with Gasteiger partial charge in [0.2, 0.25) is 0 Å². The molecule has 2 unspecified atom stereocenters. The van der Waals surface area contributed by atoms with Crippen LogP contribution >= 0.6 is 35.1 Å². The summed E-state index contributed by atoms with van der Waals surface area (Å²) in [6.07, 6.45) is 3.15. The van der Waals surface area contributed by atoms with Gasteiger partial charge in [-0.2, -0.15) is 0 Å². The van der Waals surface area contributed by atoms with Crippen molar-refractivity contribution in [1.82, 2.24) is 14.9 Å². The second-order valence-corrected chi connectivity index (χ2v) is 6.89. The first kappa shape index (κ1) is 12.1. The van der Waals surface area contributed by atoms with Crippen LogP contribution in [0.2, 0.25) is 5.15 Å². The maximum Gasteiger partial charge on any atom is 0.189 e. The van der Waals surface area contributed by atoms with E-state index >= 15 is 0 Å². The van der Waals surface area contributed by atoms with Gasteiger partial charge in [-0.1, -0.05) is 23.4 Å². The third-order valence-corrected chi connectivity index (χ3v) is 5.57. The highest BCUT2D eigenvalue weighted by Gasteiger charge is 2.39. The Balaban J connectivity index is 1.99. The molecule has 2 atom stereocenters. The smallest absolute Gasteiger partial charge is 0.189 e. The zero-order valence-corrected chi connectivity index (χ0v) is 12.2. The predicted molar refractivity (Wildman–Crippen MR) is 73.3 cm³/mol. The number of halogens is 1. The molecule has 3 nitrogen and oxygen atoms in total. The van der Waals surface area contributed by atoms with Gasteiger partial charge >= 0.3 is 0 Å². The number of nitrogens with zero attached hydrogens (tertiary/aromatic N) is 3. The predicted octanol–water partition coefficient (Wildman–Crippen LogP) is 2.75. The Kier molecular flexibility index (Phi) is 3.28. The number of piperidine rings is 1. The molecule has 6 heteroatoms. The molecule has 17 heavy (non-hydrogen) atoms. The fraction of sp³-hybridized carbons (Fsp3) is 0.636. The van der Waals surface area contributed by atoms with E-state index in [1.54, 1.807) is 11.8 Å². The van der Waals surface area contributed by atoms with Crippen molar-refractivity contribution in [3.63, 3.8) is 0 Å². The van der Waals surface area contributed by atoms with Crippen LogP contribution in [0.1, 0.15) is 17.9 Å². The minimum Gasteiger partial charge on any atom is -0.305 e. The molecule has 1 aromatic heterocycles. The number of rotatable bonds is 1. The van der Waals surface area contributed by atoms with E-state index in [0.29, 0.717) is 16.3 Å². The van der Waals surface area contributed by atoms with Crippen LogP contribution in [-0.4, -0.2) is 46.5 Å². The summed E-state index contributed by atoms with van der Waals surface area (Å²) in [6, 6.07) is 0. The molecule has 92 valence electrons. The van der Waals surface area contributed by atoms with Gasteiger partial charge in [-0.3, -0.25) is 0 Å². The number of aromatic nitrogens is 2. The second kappa shape index (κ2) is 4.61. The van der Waals surface area contributed by atoms with Gasteiger partial charge < -0.3 is 4.90 Å². The molecule has 0 aromatic carbocycles. The summed E-state index contributed by atoms with van der Waals surface area (Å²) in [5.74, 6) is 0.551. The van der Waals surface area contributed by atoms with E-state index in [1.165, 1.54) is 12.0 Å². The molecule has 3 rings (SSSR count). The fourth-order valence-electron chi connectivity index (χ4n) is 2.56. The zero-order valence-electron chi connectivity index (χ0n) is 9.81. The number of thioether (sulfide) groups is 2. The van der Waals surface area contributed by atoms with Crippen LogP contribution in [0.5, 0.6) is 0 Å². The molecule has 2 aliphatic heterocycles. The summed E-state index contributed by atoms with van der Waals surface area (Å²) in [5, 5.41) is 3.17. The molecule has 0 bridgehead atoms. The van der Waals surface area contributed by atoms with Crippen molar-refractivity contribution >= 4 is 35.1 Å². The van der Waals surface area contributed by atoms with Crippen LogP contribution in [0.3, 0.4) is 0 Å². The molecule has 0 radical (unpaired) electrons. The molecule has 1 fully saturated rings. The first-order valence-corrected chi connectivity index (χ1v) is 8.14. The Labute approximate surface area is 115 Å². The highest BCUT2D eigenvalue weighted by molar-refractivity contribution is 8.00. The normalized spacial score (nSPS) is 27.9. The number of hydrogen-bond acceptors (Lipinski definition) is 5. The topological polar surface area (TPSA) is 29.0 Å². The first-order chi connectivity index (χ1) is 8.19. The van der Waals surface area contributed by atoms with Gasteiger partial charge in [0.25, 0.3) is 0 Å². The number of likely N-dealkylation sites (tertiary alicyclic amines) is 1. The van der Waals surface area contributed by atoms with Crippen molar-refractivity contribution in [2.45, 2.75) is 27.8 Å². The van der Waals surface area contributed by atoms with E-state index in [9.17, 15) is 0 Å². The van der Waals surface area contributed by atoms with E-state index in [0.717, 1.165) is 23.3 Å². The van der Waals surface area contributed by atoms with Crippen LogP contribution in [0.25, 0.3) is 0 Å². The lowest BCUT2D eigenvalue weighted by Gasteiger charge is -2.31. The molecule has 0 saturated carbocycles. The fourth-order valence-corrected chi connectivity index (χ4v) is 4.97. The third kappa shape index (κ3) is 2.07. The molecule has 0 N–H and O–H groups in total. The first-order valence-electron chi connectivity index (χ1n) is 5.65. The Morgan fingerprint density at radius 1 is 1.47 bits per heavy atom. The van der Waals surface area contributed by atoms with E-state index in [4.69, 9.17) is 11.6 Å². The van der Waals surface area contributed by atoms with Crippen LogP contribution in [0, 0.1) is 0 Å². The molecule has 1 saturated heterocycles. The van der Waals surface area contributed by atoms with Gasteiger partial charge in [-0.25, -0.2) is 9.97 Å². The van der Waals surface area contributed by atoms with Crippen LogP contribution in [0.15, 0.2) is 10.2 Å². The van der Waals surface area contributed by atoms with Crippen molar-refractivity contribution in [1.29, 1.82) is 0 Å². The van der Waals surface area contributed by atoms with Gasteiger partial charge in [0, 0.05) is 23.3 Å². The van der Waals surface area contributed by atoms with Gasteiger partial charge in [0.1, 0.15) is 10.2 Å². The minimum absolute atomic E-state index is 0.551. The van der Waals surface area contributed by atoms with Crippen molar-refractivity contribution in [3.8, 4) is 0 Å². The van der Waals surface area contributed by atoms with E-state index in [-0.39, 0.29) is 0 Å². The standard InChI is InChI=1S/C11H14ClN3S2/c1-15-4-3-6-7(5-15)17-10-8(6)9(12)13-11(14-10)16-2/h6-7H,3-5H2,1-2H3. The highest BCUT2D eigenvalue weighted by Crippen LogP contribution is 2.50. The largest absolute Gasteiger partial charge is 0.305 e. The van der Waals surface area contributed by atoms with Gasteiger partial charge in [0.15, 0.2) is 5.16 Å². The Hall–Kier alpha value is 0.0300. The molecule has 0 spiro atoms. The van der Waals surface area contributed by atoms with Crippen LogP contribution in [0.4, 0.5) is 0 Å². The molecule has 3 heterocycles. The average molecular weight is 288 g/mol. The minimum atomic E-state index is 0.551. The molecule has 2 aliphatic rings. The maximum absolute atomic E-state index is 6.32. The molecular weight excluding hydrogens is 274 g/mol. The quantitative estimate of drug-likeness (QED) is 0.450. The zero-order chi connectivity index (χ0) is 12.0. The Morgan fingerprint density at radius 2 is 2.29 bits per heavy atom. The van der Waals surface area contributed by atoms with Gasteiger partial charge in [-0.05, 0) is 26.3 Å². The Bertz CT molecular complexity index is 455.